The molecule has 1 rings (SSSR count). The van der Waals surface area contributed by atoms with Gasteiger partial charge in [0.25, 0.3) is 0 Å². The van der Waals surface area contributed by atoms with E-state index in [1.54, 1.807) is 39.8 Å². The van der Waals surface area contributed by atoms with Crippen LogP contribution in [0, 0.1) is 13.8 Å². The first kappa shape index (κ1) is 15.2. The summed E-state index contributed by atoms with van der Waals surface area (Å²) < 4.78 is 33.8. The van der Waals surface area contributed by atoms with Crippen molar-refractivity contribution in [3.63, 3.8) is 0 Å². The number of rotatable bonds is 4. The van der Waals surface area contributed by atoms with E-state index < -0.39 is 12.7 Å². The normalized spacial score (nSPS) is 10.7. The van der Waals surface area contributed by atoms with E-state index in [0.29, 0.717) is 16.8 Å². The van der Waals surface area contributed by atoms with Crippen LogP contribution in [0.3, 0.4) is 0 Å². The van der Waals surface area contributed by atoms with Crippen LogP contribution < -0.4 is 10.1 Å². The van der Waals surface area contributed by atoms with Crippen LogP contribution in [0.1, 0.15) is 25.0 Å². The fourth-order valence-electron chi connectivity index (χ4n) is 1.66. The molecule has 0 saturated carbocycles. The van der Waals surface area contributed by atoms with E-state index in [-0.39, 0.29) is 11.9 Å². The Morgan fingerprint density at radius 3 is 2.16 bits per heavy atom. The number of hydrogen-bond donors (Lipinski definition) is 1. The molecule has 1 N–H and O–H groups in total. The van der Waals surface area contributed by atoms with Crippen molar-refractivity contribution >= 4 is 11.8 Å². The van der Waals surface area contributed by atoms with Crippen LogP contribution in [0.5, 0.6) is 5.75 Å². The lowest BCUT2D eigenvalue weighted by atomic mass is 10.1. The van der Waals surface area contributed by atoms with Crippen molar-refractivity contribution in [2.75, 3.05) is 5.32 Å². The molecule has 0 radical (unpaired) electrons. The van der Waals surface area contributed by atoms with E-state index >= 15 is 0 Å². The number of benzene rings is 1. The number of nitrogens with one attached hydrogen (secondary N) is 1. The minimum absolute atomic E-state index is 0.123. The molecule has 19 heavy (non-hydrogen) atoms. The van der Waals surface area contributed by atoms with Gasteiger partial charge in [0.2, 0.25) is 0 Å². The van der Waals surface area contributed by atoms with Crippen LogP contribution in [-0.2, 0) is 4.74 Å². The summed E-state index contributed by atoms with van der Waals surface area (Å²) in [4.78, 5) is 11.4. The highest BCUT2D eigenvalue weighted by atomic mass is 19.3. The monoisotopic (exact) mass is 273 g/mol. The Kier molecular flexibility index (Phi) is 5.09. The Balaban J connectivity index is 2.86. The molecule has 0 aliphatic rings. The Labute approximate surface area is 110 Å². The minimum Gasteiger partial charge on any atom is -0.447 e. The van der Waals surface area contributed by atoms with Gasteiger partial charge in [-0.3, -0.25) is 5.32 Å². The van der Waals surface area contributed by atoms with Gasteiger partial charge in [-0.15, -0.1) is 0 Å². The highest BCUT2D eigenvalue weighted by molar-refractivity contribution is 5.85. The van der Waals surface area contributed by atoms with Gasteiger partial charge >= 0.3 is 12.7 Å². The van der Waals surface area contributed by atoms with Crippen LogP contribution in [0.15, 0.2) is 12.1 Å². The number of hydrogen-bond acceptors (Lipinski definition) is 3. The fraction of sp³-hybridized carbons (Fsp3) is 0.462. The van der Waals surface area contributed by atoms with Crippen LogP contribution in [0.2, 0.25) is 0 Å². The van der Waals surface area contributed by atoms with Gasteiger partial charge in [-0.25, -0.2) is 4.79 Å². The standard InChI is InChI=1S/C13H17F2NO3/c1-7(2)18-13(17)16-10-5-8(3)11(9(4)6-10)19-12(14)15/h5-7,12H,1-4H3,(H,16,17). The topological polar surface area (TPSA) is 47.6 Å². The summed E-state index contributed by atoms with van der Waals surface area (Å²) in [6.45, 7) is 3.85. The Bertz CT molecular complexity index is 438. The number of carbonyl (C=O) groups is 1. The number of anilines is 1. The number of carbonyl (C=O) groups excluding carboxylic acids is 1. The molecule has 106 valence electrons. The van der Waals surface area contributed by atoms with Crippen LogP contribution in [-0.4, -0.2) is 18.8 Å². The van der Waals surface area contributed by atoms with Crippen molar-refractivity contribution < 1.29 is 23.0 Å². The van der Waals surface area contributed by atoms with Gasteiger partial charge in [-0.1, -0.05) is 0 Å². The van der Waals surface area contributed by atoms with Gasteiger partial charge in [0.05, 0.1) is 6.10 Å². The second-order valence-corrected chi connectivity index (χ2v) is 4.40. The van der Waals surface area contributed by atoms with E-state index in [4.69, 9.17) is 4.74 Å². The smallest absolute Gasteiger partial charge is 0.411 e. The molecule has 6 heteroatoms. The maximum absolute atomic E-state index is 12.2. The summed E-state index contributed by atoms with van der Waals surface area (Å²) in [6.07, 6.45) is -0.819. The van der Waals surface area contributed by atoms with Crippen molar-refractivity contribution in [3.05, 3.63) is 23.3 Å². The van der Waals surface area contributed by atoms with Gasteiger partial charge in [-0.2, -0.15) is 8.78 Å². The highest BCUT2D eigenvalue weighted by Crippen LogP contribution is 2.28. The van der Waals surface area contributed by atoms with Gasteiger partial charge < -0.3 is 9.47 Å². The zero-order valence-corrected chi connectivity index (χ0v) is 11.3. The predicted octanol–water partition coefficient (Wildman–Crippen LogP) is 3.86. The van der Waals surface area contributed by atoms with Crippen LogP contribution in [0.4, 0.5) is 19.3 Å². The number of alkyl halides is 2. The molecule has 0 bridgehead atoms. The van der Waals surface area contributed by atoms with Gasteiger partial charge in [0.1, 0.15) is 5.75 Å². The number of amides is 1. The molecule has 0 fully saturated rings. The van der Waals surface area contributed by atoms with E-state index in [2.05, 4.69) is 10.1 Å². The summed E-state index contributed by atoms with van der Waals surface area (Å²) in [5.74, 6) is 0.123. The fourth-order valence-corrected chi connectivity index (χ4v) is 1.66. The third-order valence-electron chi connectivity index (χ3n) is 2.26. The molecule has 0 atom stereocenters. The minimum atomic E-state index is -2.87. The molecule has 1 amide bonds. The largest absolute Gasteiger partial charge is 0.447 e. The molecular formula is C13H17F2NO3. The second kappa shape index (κ2) is 6.36. The van der Waals surface area contributed by atoms with Crippen LogP contribution in [0.25, 0.3) is 0 Å². The predicted molar refractivity (Wildman–Crippen MR) is 67.8 cm³/mol. The molecule has 1 aromatic rings. The summed E-state index contributed by atoms with van der Waals surface area (Å²) in [7, 11) is 0. The summed E-state index contributed by atoms with van der Waals surface area (Å²) in [5.41, 5.74) is 1.50. The average molecular weight is 273 g/mol. The first-order chi connectivity index (χ1) is 8.79. The maximum Gasteiger partial charge on any atom is 0.411 e. The quantitative estimate of drug-likeness (QED) is 0.906. The third kappa shape index (κ3) is 4.73. The molecule has 4 nitrogen and oxygen atoms in total. The van der Waals surface area contributed by atoms with Crippen molar-refractivity contribution in [1.29, 1.82) is 0 Å². The van der Waals surface area contributed by atoms with E-state index in [9.17, 15) is 13.6 Å². The highest BCUT2D eigenvalue weighted by Gasteiger charge is 2.13. The maximum atomic E-state index is 12.2. The van der Waals surface area contributed by atoms with Crippen molar-refractivity contribution in [3.8, 4) is 5.75 Å². The van der Waals surface area contributed by atoms with E-state index in [1.807, 2.05) is 0 Å². The zero-order chi connectivity index (χ0) is 14.6. The molecule has 0 aliphatic heterocycles. The van der Waals surface area contributed by atoms with Gasteiger partial charge in [-0.05, 0) is 51.0 Å². The third-order valence-corrected chi connectivity index (χ3v) is 2.26. The van der Waals surface area contributed by atoms with Crippen molar-refractivity contribution in [2.24, 2.45) is 0 Å². The van der Waals surface area contributed by atoms with E-state index in [1.165, 1.54) is 0 Å². The Morgan fingerprint density at radius 1 is 1.21 bits per heavy atom. The Hall–Kier alpha value is -1.85. The van der Waals surface area contributed by atoms with Gasteiger partial charge in [0, 0.05) is 5.69 Å². The van der Waals surface area contributed by atoms with Crippen molar-refractivity contribution in [1.82, 2.24) is 0 Å². The first-order valence-corrected chi connectivity index (χ1v) is 5.83. The molecule has 0 heterocycles. The number of aryl methyl sites for hydroxylation is 2. The molecule has 0 aliphatic carbocycles. The van der Waals surface area contributed by atoms with Crippen molar-refractivity contribution in [2.45, 2.75) is 40.4 Å². The zero-order valence-electron chi connectivity index (χ0n) is 11.3. The molecule has 0 aromatic heterocycles. The molecular weight excluding hydrogens is 256 g/mol. The Morgan fingerprint density at radius 2 is 1.74 bits per heavy atom. The molecule has 0 spiro atoms. The molecule has 1 aromatic carbocycles. The number of ether oxygens (including phenoxy) is 2. The number of halogens is 2. The SMILES string of the molecule is Cc1cc(NC(=O)OC(C)C)cc(C)c1OC(F)F. The summed E-state index contributed by atoms with van der Waals surface area (Å²) >= 11 is 0. The van der Waals surface area contributed by atoms with Gasteiger partial charge in [0.15, 0.2) is 0 Å². The lowest BCUT2D eigenvalue weighted by Gasteiger charge is -2.14. The second-order valence-electron chi connectivity index (χ2n) is 4.40. The molecule has 0 saturated heterocycles. The van der Waals surface area contributed by atoms with E-state index in [0.717, 1.165) is 0 Å². The van der Waals surface area contributed by atoms with Crippen LogP contribution >= 0.6 is 0 Å². The average Bonchev–Trinajstić information content (AvgIpc) is 2.21. The lowest BCUT2D eigenvalue weighted by molar-refractivity contribution is -0.0507. The summed E-state index contributed by atoms with van der Waals surface area (Å²) in [5, 5.41) is 2.53. The lowest BCUT2D eigenvalue weighted by Crippen LogP contribution is -2.18. The first-order valence-electron chi connectivity index (χ1n) is 5.83. The molecule has 0 unspecified atom stereocenters. The summed E-state index contributed by atoms with van der Waals surface area (Å²) in [6, 6.07) is 3.10.